The van der Waals surface area contributed by atoms with E-state index in [9.17, 15) is 15.0 Å². The van der Waals surface area contributed by atoms with Crippen molar-refractivity contribution in [2.75, 3.05) is 6.61 Å². The van der Waals surface area contributed by atoms with E-state index >= 15 is 0 Å². The van der Waals surface area contributed by atoms with Gasteiger partial charge in [0, 0.05) is 6.42 Å². The van der Waals surface area contributed by atoms with Crippen molar-refractivity contribution in [3.05, 3.63) is 97.2 Å². The third kappa shape index (κ3) is 62.2. The molecule has 0 fully saturated rings. The van der Waals surface area contributed by atoms with E-state index in [0.29, 0.717) is 6.42 Å². The van der Waals surface area contributed by atoms with Crippen molar-refractivity contribution in [1.29, 1.82) is 0 Å². The highest BCUT2D eigenvalue weighted by Gasteiger charge is 2.18. The number of nitrogens with one attached hydrogen (secondary N) is 1. The molecule has 76 heavy (non-hydrogen) atoms. The molecule has 0 aliphatic heterocycles. The van der Waals surface area contributed by atoms with E-state index in [-0.39, 0.29) is 12.5 Å². The number of amides is 1. The van der Waals surface area contributed by atoms with Crippen LogP contribution in [-0.4, -0.2) is 34.9 Å². The van der Waals surface area contributed by atoms with E-state index in [1.165, 1.54) is 244 Å². The van der Waals surface area contributed by atoms with Gasteiger partial charge in [-0.1, -0.05) is 336 Å². The summed E-state index contributed by atoms with van der Waals surface area (Å²) < 4.78 is 0. The van der Waals surface area contributed by atoms with Gasteiger partial charge in [-0.25, -0.2) is 0 Å². The van der Waals surface area contributed by atoms with Crippen LogP contribution in [0.1, 0.15) is 335 Å². The van der Waals surface area contributed by atoms with E-state index in [2.05, 4.69) is 104 Å². The number of carbonyl (C=O) groups excluding carboxylic acids is 1. The van der Waals surface area contributed by atoms with Gasteiger partial charge in [0.2, 0.25) is 5.91 Å². The molecule has 2 atom stereocenters. The highest BCUT2D eigenvalue weighted by Crippen LogP contribution is 2.18. The number of allylic oxidation sites excluding steroid dienone is 15. The predicted molar refractivity (Wildman–Crippen MR) is 340 cm³/mol. The fourth-order valence-electron chi connectivity index (χ4n) is 10.0. The number of carbonyl (C=O) groups is 1. The van der Waals surface area contributed by atoms with Crippen molar-refractivity contribution < 1.29 is 15.0 Å². The summed E-state index contributed by atoms with van der Waals surface area (Å²) in [4.78, 5) is 12.5. The molecule has 1 amide bonds. The van der Waals surface area contributed by atoms with E-state index in [1.54, 1.807) is 6.08 Å². The van der Waals surface area contributed by atoms with Crippen LogP contribution >= 0.6 is 0 Å². The van der Waals surface area contributed by atoms with Gasteiger partial charge >= 0.3 is 0 Å². The minimum absolute atomic E-state index is 0.0748. The molecule has 0 aromatic heterocycles. The Labute approximate surface area is 474 Å². The summed E-state index contributed by atoms with van der Waals surface area (Å²) >= 11 is 0. The first-order chi connectivity index (χ1) is 37.7. The monoisotopic (exact) mass is 1060 g/mol. The van der Waals surface area contributed by atoms with Gasteiger partial charge in [-0.15, -0.1) is 0 Å². The fourth-order valence-corrected chi connectivity index (χ4v) is 10.0. The number of hydrogen-bond acceptors (Lipinski definition) is 3. The number of aliphatic hydroxyl groups excluding tert-OH is 2. The minimum Gasteiger partial charge on any atom is -0.394 e. The summed E-state index contributed by atoms with van der Waals surface area (Å²) in [5, 5.41) is 23.2. The molecule has 2 unspecified atom stereocenters. The Morgan fingerprint density at radius 3 is 0.921 bits per heavy atom. The van der Waals surface area contributed by atoms with Crippen LogP contribution < -0.4 is 5.32 Å². The van der Waals surface area contributed by atoms with Crippen LogP contribution in [0.5, 0.6) is 0 Å². The number of unbranched alkanes of at least 4 members (excludes halogenated alkanes) is 40. The topological polar surface area (TPSA) is 69.6 Å². The van der Waals surface area contributed by atoms with Crippen LogP contribution in [0.15, 0.2) is 97.2 Å². The van der Waals surface area contributed by atoms with Crippen molar-refractivity contribution in [3.63, 3.8) is 0 Å². The predicted octanol–water partition coefficient (Wildman–Crippen LogP) is 22.8. The first kappa shape index (κ1) is 73.3. The average molecular weight is 1060 g/mol. The van der Waals surface area contributed by atoms with Crippen LogP contribution in [-0.2, 0) is 4.79 Å². The van der Waals surface area contributed by atoms with Gasteiger partial charge in [-0.3, -0.25) is 4.79 Å². The average Bonchev–Trinajstić information content (AvgIpc) is 3.42. The van der Waals surface area contributed by atoms with Crippen molar-refractivity contribution in [2.24, 2.45) is 0 Å². The highest BCUT2D eigenvalue weighted by molar-refractivity contribution is 5.76. The Balaban J connectivity index is 3.50. The SMILES string of the molecule is CC/C=C\C/C=C\C/C=C\C/C=C\C/C=C\CCCCCCCCCCCCCCCCCCCCCCCC(=O)NC(CO)C(O)/C=C/CC/C=C/CC/C=C/CCCCCCCCCCCCCCCCCCC. The fraction of sp³-hybridized carbons (Fsp3) is 0.764. The van der Waals surface area contributed by atoms with Gasteiger partial charge in [-0.2, -0.15) is 0 Å². The molecular formula is C72H129NO3. The third-order valence-electron chi connectivity index (χ3n) is 15.0. The number of aliphatic hydroxyl groups is 2. The van der Waals surface area contributed by atoms with Crippen LogP contribution in [0.3, 0.4) is 0 Å². The molecule has 0 radical (unpaired) electrons. The zero-order valence-corrected chi connectivity index (χ0v) is 50.8. The van der Waals surface area contributed by atoms with E-state index in [1.807, 2.05) is 6.08 Å². The molecule has 0 saturated heterocycles. The molecule has 0 aliphatic carbocycles. The van der Waals surface area contributed by atoms with Crippen molar-refractivity contribution in [1.82, 2.24) is 5.32 Å². The second kappa shape index (κ2) is 66.6. The summed E-state index contributed by atoms with van der Waals surface area (Å²) in [5.74, 6) is -0.0748. The normalized spacial score (nSPS) is 13.4. The van der Waals surface area contributed by atoms with Gasteiger partial charge in [0.05, 0.1) is 18.8 Å². The van der Waals surface area contributed by atoms with Gasteiger partial charge in [0.1, 0.15) is 0 Å². The summed E-state index contributed by atoms with van der Waals surface area (Å²) in [6, 6.07) is -0.650. The van der Waals surface area contributed by atoms with E-state index in [0.717, 1.165) is 70.6 Å². The highest BCUT2D eigenvalue weighted by atomic mass is 16.3. The lowest BCUT2D eigenvalue weighted by atomic mass is 10.0. The van der Waals surface area contributed by atoms with Gasteiger partial charge < -0.3 is 15.5 Å². The maximum absolute atomic E-state index is 12.5. The maximum atomic E-state index is 12.5. The minimum atomic E-state index is -0.875. The van der Waals surface area contributed by atoms with Crippen LogP contribution in [0, 0.1) is 0 Å². The summed E-state index contributed by atoms with van der Waals surface area (Å²) in [7, 11) is 0. The molecule has 0 aromatic rings. The first-order valence-corrected chi connectivity index (χ1v) is 33.5. The Morgan fingerprint density at radius 2 is 0.592 bits per heavy atom. The molecular weight excluding hydrogens is 927 g/mol. The molecule has 0 spiro atoms. The standard InChI is InChI=1S/C72H129NO3/c1-3-5-7-9-11-13-15-17-19-21-23-25-27-29-31-32-33-34-35-36-37-38-39-40-42-44-46-48-50-52-54-56-58-60-62-64-66-68-72(76)73-70(69-74)71(75)67-65-63-61-59-57-55-53-51-49-47-45-43-41-30-28-26-24-22-20-18-16-14-12-10-8-6-4-2/h5,7,11,13,17,19,23,25,29,31,49,51,57,59,65,67,70-71,74-75H,3-4,6,8-10,12,14-16,18,20-22,24,26-28,30,32-48,50,52-56,58,60-64,66,68-69H2,1-2H3,(H,73,76)/b7-5-,13-11-,19-17-,25-23-,31-29-,51-49+,59-57+,67-65+. The van der Waals surface area contributed by atoms with Crippen molar-refractivity contribution >= 4 is 5.91 Å². The molecule has 0 rings (SSSR count). The molecule has 0 aliphatic rings. The lowest BCUT2D eigenvalue weighted by Gasteiger charge is -2.19. The Bertz CT molecular complexity index is 1380. The molecule has 0 aromatic carbocycles. The molecule has 0 bridgehead atoms. The summed E-state index contributed by atoms with van der Waals surface area (Å²) in [6.45, 7) is 4.21. The van der Waals surface area contributed by atoms with Crippen LogP contribution in [0.2, 0.25) is 0 Å². The molecule has 0 heterocycles. The third-order valence-corrected chi connectivity index (χ3v) is 15.0. The van der Waals surface area contributed by atoms with Gasteiger partial charge in [-0.05, 0) is 89.9 Å². The first-order valence-electron chi connectivity index (χ1n) is 33.5. The van der Waals surface area contributed by atoms with Crippen LogP contribution in [0.4, 0.5) is 0 Å². The Hall–Kier alpha value is -2.69. The van der Waals surface area contributed by atoms with E-state index in [4.69, 9.17) is 0 Å². The smallest absolute Gasteiger partial charge is 0.220 e. The molecule has 4 nitrogen and oxygen atoms in total. The van der Waals surface area contributed by atoms with Crippen molar-refractivity contribution in [2.45, 2.75) is 347 Å². The summed E-state index contributed by atoms with van der Waals surface area (Å²) in [6.07, 6.45) is 99.1. The molecule has 4 heteroatoms. The van der Waals surface area contributed by atoms with E-state index < -0.39 is 12.1 Å². The molecule has 440 valence electrons. The van der Waals surface area contributed by atoms with Gasteiger partial charge in [0.15, 0.2) is 0 Å². The summed E-state index contributed by atoms with van der Waals surface area (Å²) in [5.41, 5.74) is 0. The molecule has 3 N–H and O–H groups in total. The Morgan fingerprint density at radius 1 is 0.329 bits per heavy atom. The quantitative estimate of drug-likeness (QED) is 0.0420. The van der Waals surface area contributed by atoms with Crippen molar-refractivity contribution in [3.8, 4) is 0 Å². The molecule has 0 saturated carbocycles. The van der Waals surface area contributed by atoms with Gasteiger partial charge in [0.25, 0.3) is 0 Å². The zero-order chi connectivity index (χ0) is 54.8. The zero-order valence-electron chi connectivity index (χ0n) is 50.8. The number of rotatable bonds is 61. The maximum Gasteiger partial charge on any atom is 0.220 e. The second-order valence-corrected chi connectivity index (χ2v) is 22.5. The van der Waals surface area contributed by atoms with Crippen LogP contribution in [0.25, 0.3) is 0 Å². The number of hydrogen-bond donors (Lipinski definition) is 3. The lowest BCUT2D eigenvalue weighted by molar-refractivity contribution is -0.123. The second-order valence-electron chi connectivity index (χ2n) is 22.5. The Kier molecular flexibility index (Phi) is 64.2. The lowest BCUT2D eigenvalue weighted by Crippen LogP contribution is -2.45. The largest absolute Gasteiger partial charge is 0.394 e.